The zero-order valence-electron chi connectivity index (χ0n) is 10.0. The lowest BCUT2D eigenvalue weighted by molar-refractivity contribution is -0.143. The van der Waals surface area contributed by atoms with E-state index in [1.54, 1.807) is 0 Å². The molecule has 0 aromatic rings. The molecule has 88 valence electrons. The predicted molar refractivity (Wildman–Crippen MR) is 59.6 cm³/mol. The van der Waals surface area contributed by atoms with Crippen molar-refractivity contribution in [2.24, 2.45) is 5.92 Å². The first kappa shape index (κ1) is 14.1. The highest BCUT2D eigenvalue weighted by Crippen LogP contribution is 2.13. The van der Waals surface area contributed by atoms with Gasteiger partial charge >= 0.3 is 5.97 Å². The van der Waals surface area contributed by atoms with Crippen LogP contribution in [0.3, 0.4) is 0 Å². The van der Waals surface area contributed by atoms with Gasteiger partial charge in [0.25, 0.3) is 0 Å². The summed E-state index contributed by atoms with van der Waals surface area (Å²) in [5, 5.41) is 0. The molecular weight excluding hydrogens is 192 g/mol. The molecule has 0 spiro atoms. The summed E-state index contributed by atoms with van der Waals surface area (Å²) in [5.74, 6) is -0.197. The molecule has 1 atom stereocenters. The average Bonchev–Trinajstić information content (AvgIpc) is 2.21. The van der Waals surface area contributed by atoms with E-state index in [9.17, 15) is 9.59 Å². The summed E-state index contributed by atoms with van der Waals surface area (Å²) in [6.07, 6.45) is 4.67. The van der Waals surface area contributed by atoms with E-state index >= 15 is 0 Å². The Labute approximate surface area is 92.2 Å². The molecule has 3 nitrogen and oxygen atoms in total. The molecule has 0 amide bonds. The molecule has 0 radical (unpaired) electrons. The lowest BCUT2D eigenvalue weighted by Crippen LogP contribution is -2.21. The second kappa shape index (κ2) is 8.45. The van der Waals surface area contributed by atoms with Crippen molar-refractivity contribution in [3.05, 3.63) is 0 Å². The van der Waals surface area contributed by atoms with Gasteiger partial charge < -0.3 is 4.74 Å². The normalized spacial score (nSPS) is 12.2. The molecule has 0 aromatic heterocycles. The Morgan fingerprint density at radius 3 is 2.33 bits per heavy atom. The number of hydrogen-bond acceptors (Lipinski definition) is 3. The number of Topliss-reactive ketones (excluding diaryl/α,β-unsaturated/α-hetero) is 1. The highest BCUT2D eigenvalue weighted by atomic mass is 16.5. The van der Waals surface area contributed by atoms with E-state index in [-0.39, 0.29) is 24.3 Å². The van der Waals surface area contributed by atoms with Gasteiger partial charge in [0, 0.05) is 13.3 Å². The zero-order valence-corrected chi connectivity index (χ0v) is 10.0. The Morgan fingerprint density at radius 1 is 1.20 bits per heavy atom. The summed E-state index contributed by atoms with van der Waals surface area (Å²) in [6, 6.07) is 0. The summed E-state index contributed by atoms with van der Waals surface area (Å²) in [6.45, 7) is 5.61. The number of rotatable bonds is 8. The van der Waals surface area contributed by atoms with Crippen molar-refractivity contribution >= 4 is 11.8 Å². The first-order valence-electron chi connectivity index (χ1n) is 5.77. The van der Waals surface area contributed by atoms with Crippen LogP contribution in [0.25, 0.3) is 0 Å². The largest absolute Gasteiger partial charge is 0.465 e. The van der Waals surface area contributed by atoms with E-state index in [1.165, 1.54) is 6.92 Å². The van der Waals surface area contributed by atoms with Gasteiger partial charge in [-0.3, -0.25) is 9.59 Å². The van der Waals surface area contributed by atoms with Crippen molar-refractivity contribution in [2.75, 3.05) is 6.61 Å². The van der Waals surface area contributed by atoms with Crippen LogP contribution in [-0.2, 0) is 14.3 Å². The van der Waals surface area contributed by atoms with Gasteiger partial charge in [0.15, 0.2) is 0 Å². The average molecular weight is 214 g/mol. The Bertz CT molecular complexity index is 199. The first-order chi connectivity index (χ1) is 7.11. The first-order valence-corrected chi connectivity index (χ1v) is 5.77. The highest BCUT2D eigenvalue weighted by molar-refractivity contribution is 5.81. The molecule has 0 rings (SSSR count). The number of hydrogen-bond donors (Lipinski definition) is 0. The van der Waals surface area contributed by atoms with Crippen LogP contribution >= 0.6 is 0 Å². The number of esters is 1. The summed E-state index contributed by atoms with van der Waals surface area (Å²) < 4.78 is 4.90. The lowest BCUT2D eigenvalue weighted by atomic mass is 9.96. The number of carbonyl (C=O) groups excluding carboxylic acids is 2. The van der Waals surface area contributed by atoms with Gasteiger partial charge in [0.05, 0.1) is 5.92 Å². The monoisotopic (exact) mass is 214 g/mol. The van der Waals surface area contributed by atoms with Crippen molar-refractivity contribution in [1.82, 2.24) is 0 Å². The molecule has 1 unspecified atom stereocenters. The third kappa shape index (κ3) is 7.11. The van der Waals surface area contributed by atoms with Crippen LogP contribution in [0.4, 0.5) is 0 Å². The highest BCUT2D eigenvalue weighted by Gasteiger charge is 2.17. The van der Waals surface area contributed by atoms with Gasteiger partial charge in [-0.2, -0.15) is 0 Å². The second-order valence-electron chi connectivity index (χ2n) is 3.82. The molecule has 0 aliphatic heterocycles. The van der Waals surface area contributed by atoms with Crippen molar-refractivity contribution in [3.63, 3.8) is 0 Å². The van der Waals surface area contributed by atoms with Gasteiger partial charge in [-0.1, -0.05) is 33.1 Å². The van der Waals surface area contributed by atoms with Crippen molar-refractivity contribution < 1.29 is 14.3 Å². The molecule has 0 aliphatic carbocycles. The van der Waals surface area contributed by atoms with Gasteiger partial charge in [-0.05, 0) is 6.42 Å². The van der Waals surface area contributed by atoms with Gasteiger partial charge in [-0.25, -0.2) is 0 Å². The molecule has 0 heterocycles. The van der Waals surface area contributed by atoms with Crippen LogP contribution in [0.1, 0.15) is 52.9 Å². The second-order valence-corrected chi connectivity index (χ2v) is 3.82. The summed E-state index contributed by atoms with van der Waals surface area (Å²) in [4.78, 5) is 22.2. The number of unbranched alkanes of at least 4 members (excludes halogenated alkanes) is 2. The van der Waals surface area contributed by atoms with E-state index in [2.05, 4.69) is 6.92 Å². The van der Waals surface area contributed by atoms with E-state index in [4.69, 9.17) is 4.74 Å². The minimum absolute atomic E-state index is 0.0922. The van der Waals surface area contributed by atoms with Crippen LogP contribution in [0.15, 0.2) is 0 Å². The Morgan fingerprint density at radius 2 is 1.87 bits per heavy atom. The maximum absolute atomic E-state index is 11.5. The fraction of sp³-hybridized carbons (Fsp3) is 0.833. The number of ether oxygens (including phenoxy) is 1. The minimum Gasteiger partial charge on any atom is -0.465 e. The predicted octanol–water partition coefficient (Wildman–Crippen LogP) is 2.73. The fourth-order valence-corrected chi connectivity index (χ4v) is 1.48. The third-order valence-electron chi connectivity index (χ3n) is 2.45. The van der Waals surface area contributed by atoms with Crippen LogP contribution in [0, 0.1) is 5.92 Å². The van der Waals surface area contributed by atoms with Crippen molar-refractivity contribution in [1.29, 1.82) is 0 Å². The lowest BCUT2D eigenvalue weighted by Gasteiger charge is -2.14. The molecule has 0 N–H and O–H groups in total. The molecule has 0 fully saturated rings. The van der Waals surface area contributed by atoms with E-state index in [0.717, 1.165) is 25.7 Å². The summed E-state index contributed by atoms with van der Waals surface area (Å²) in [7, 11) is 0. The zero-order chi connectivity index (χ0) is 11.7. The van der Waals surface area contributed by atoms with Gasteiger partial charge in [0.1, 0.15) is 12.4 Å². The third-order valence-corrected chi connectivity index (χ3v) is 2.45. The van der Waals surface area contributed by atoms with E-state index in [1.807, 2.05) is 6.92 Å². The SMILES string of the molecule is CCCCCC(COC(C)=O)C(=O)CC. The molecule has 15 heavy (non-hydrogen) atoms. The van der Waals surface area contributed by atoms with Crippen LogP contribution in [0.5, 0.6) is 0 Å². The Hall–Kier alpha value is -0.860. The van der Waals surface area contributed by atoms with E-state index in [0.29, 0.717) is 6.42 Å². The molecule has 0 saturated heterocycles. The molecular formula is C12H22O3. The minimum atomic E-state index is -0.306. The molecule has 0 bridgehead atoms. The molecule has 0 aromatic carbocycles. The number of ketones is 1. The summed E-state index contributed by atoms with van der Waals surface area (Å²) in [5.41, 5.74) is 0. The quantitative estimate of drug-likeness (QED) is 0.461. The van der Waals surface area contributed by atoms with Crippen LogP contribution < -0.4 is 0 Å². The van der Waals surface area contributed by atoms with Crippen molar-refractivity contribution in [2.45, 2.75) is 52.9 Å². The molecule has 3 heteroatoms. The standard InChI is InChI=1S/C12H22O3/c1-4-6-7-8-11(12(14)5-2)9-15-10(3)13/h11H,4-9H2,1-3H3. The molecule has 0 saturated carbocycles. The maximum Gasteiger partial charge on any atom is 0.302 e. The van der Waals surface area contributed by atoms with Crippen LogP contribution in [0.2, 0.25) is 0 Å². The Balaban J connectivity index is 3.95. The topological polar surface area (TPSA) is 43.4 Å². The van der Waals surface area contributed by atoms with Gasteiger partial charge in [-0.15, -0.1) is 0 Å². The number of carbonyl (C=O) groups is 2. The van der Waals surface area contributed by atoms with Gasteiger partial charge in [0.2, 0.25) is 0 Å². The molecule has 0 aliphatic rings. The van der Waals surface area contributed by atoms with E-state index < -0.39 is 0 Å². The fourth-order valence-electron chi connectivity index (χ4n) is 1.48. The van der Waals surface area contributed by atoms with Crippen LogP contribution in [-0.4, -0.2) is 18.4 Å². The van der Waals surface area contributed by atoms with Crippen molar-refractivity contribution in [3.8, 4) is 0 Å². The maximum atomic E-state index is 11.5. The summed E-state index contributed by atoms with van der Waals surface area (Å²) >= 11 is 0. The smallest absolute Gasteiger partial charge is 0.302 e. The Kier molecular flexibility index (Phi) is 7.96.